The summed E-state index contributed by atoms with van der Waals surface area (Å²) in [7, 11) is 4.29. The minimum atomic E-state index is 0.461. The van der Waals surface area contributed by atoms with E-state index in [1.54, 1.807) is 6.07 Å². The van der Waals surface area contributed by atoms with Gasteiger partial charge in [-0.1, -0.05) is 0 Å². The van der Waals surface area contributed by atoms with Gasteiger partial charge in [-0.25, -0.2) is 0 Å². The number of likely N-dealkylation sites (N-methyl/N-ethyl adjacent to an activating group) is 1. The van der Waals surface area contributed by atoms with Crippen molar-refractivity contribution >= 4 is 11.6 Å². The van der Waals surface area contributed by atoms with Crippen molar-refractivity contribution < 1.29 is 4.42 Å². The van der Waals surface area contributed by atoms with Crippen LogP contribution >= 0.6 is 11.6 Å². The minimum Gasteiger partial charge on any atom is -0.448 e. The summed E-state index contributed by atoms with van der Waals surface area (Å²) in [6.07, 6.45) is 2.74. The van der Waals surface area contributed by atoms with Gasteiger partial charge in [-0.3, -0.25) is 0 Å². The van der Waals surface area contributed by atoms with Crippen molar-refractivity contribution in [2.45, 2.75) is 25.4 Å². The monoisotopic (exact) mass is 242 g/mol. The summed E-state index contributed by atoms with van der Waals surface area (Å²) in [5.74, 6) is 1.78. The van der Waals surface area contributed by atoms with E-state index in [4.69, 9.17) is 16.0 Å². The third-order valence-corrected chi connectivity index (χ3v) is 3.31. The molecule has 1 aliphatic rings. The molecule has 1 aromatic heterocycles. The van der Waals surface area contributed by atoms with Crippen LogP contribution in [-0.2, 0) is 6.54 Å². The van der Waals surface area contributed by atoms with Gasteiger partial charge in [0, 0.05) is 12.6 Å². The van der Waals surface area contributed by atoms with Crippen LogP contribution in [0.25, 0.3) is 0 Å². The Morgan fingerprint density at radius 2 is 2.25 bits per heavy atom. The van der Waals surface area contributed by atoms with E-state index in [9.17, 15) is 0 Å². The molecule has 1 N–H and O–H groups in total. The highest BCUT2D eigenvalue weighted by atomic mass is 35.5. The summed E-state index contributed by atoms with van der Waals surface area (Å²) in [5.41, 5.74) is 0. The Hall–Kier alpha value is -0.510. The van der Waals surface area contributed by atoms with E-state index in [1.165, 1.54) is 12.8 Å². The van der Waals surface area contributed by atoms with Crippen LogP contribution in [0.1, 0.15) is 18.6 Å². The quantitative estimate of drug-likeness (QED) is 0.830. The molecule has 0 aromatic carbocycles. The Labute approximate surface area is 102 Å². The average molecular weight is 243 g/mol. The highest BCUT2D eigenvalue weighted by Crippen LogP contribution is 2.34. The van der Waals surface area contributed by atoms with Gasteiger partial charge in [0.2, 0.25) is 0 Å². The fraction of sp³-hybridized carbons (Fsp3) is 0.667. The van der Waals surface area contributed by atoms with Crippen LogP contribution in [0.3, 0.4) is 0 Å². The molecule has 1 unspecified atom stereocenters. The second kappa shape index (κ2) is 5.21. The fourth-order valence-corrected chi connectivity index (χ4v) is 2.20. The van der Waals surface area contributed by atoms with E-state index in [0.717, 1.165) is 24.8 Å². The lowest BCUT2D eigenvalue weighted by molar-refractivity contribution is 0.253. The molecule has 1 fully saturated rings. The molecular formula is C12H19ClN2O. The van der Waals surface area contributed by atoms with Crippen LogP contribution in [0.4, 0.5) is 0 Å². The van der Waals surface area contributed by atoms with Crippen LogP contribution in [0.5, 0.6) is 0 Å². The maximum absolute atomic E-state index is 5.71. The zero-order valence-electron chi connectivity index (χ0n) is 9.87. The van der Waals surface area contributed by atoms with Crippen LogP contribution in [-0.4, -0.2) is 31.6 Å². The predicted octanol–water partition coefficient (Wildman–Crippen LogP) is 2.36. The van der Waals surface area contributed by atoms with Gasteiger partial charge in [-0.15, -0.1) is 0 Å². The van der Waals surface area contributed by atoms with Crippen LogP contribution in [0.2, 0.25) is 5.22 Å². The van der Waals surface area contributed by atoms with E-state index in [1.807, 2.05) is 6.07 Å². The van der Waals surface area contributed by atoms with Gasteiger partial charge in [-0.05, 0) is 56.6 Å². The van der Waals surface area contributed by atoms with E-state index in [0.29, 0.717) is 11.3 Å². The van der Waals surface area contributed by atoms with Crippen molar-refractivity contribution in [1.29, 1.82) is 0 Å². The van der Waals surface area contributed by atoms with Crippen LogP contribution in [0, 0.1) is 5.92 Å². The lowest BCUT2D eigenvalue weighted by Gasteiger charge is -2.24. The Kier molecular flexibility index (Phi) is 3.90. The van der Waals surface area contributed by atoms with Gasteiger partial charge in [0.1, 0.15) is 5.76 Å². The molecule has 1 heterocycles. The third-order valence-electron chi connectivity index (χ3n) is 3.11. The molecule has 1 saturated carbocycles. The second-order valence-electron chi connectivity index (χ2n) is 4.71. The van der Waals surface area contributed by atoms with E-state index in [-0.39, 0.29) is 0 Å². The Bertz CT molecular complexity index is 332. The van der Waals surface area contributed by atoms with Gasteiger partial charge >= 0.3 is 0 Å². The average Bonchev–Trinajstić information content (AvgIpc) is 2.97. The van der Waals surface area contributed by atoms with Crippen molar-refractivity contribution in [3.05, 3.63) is 23.1 Å². The molecule has 1 atom stereocenters. The first kappa shape index (κ1) is 12.0. The zero-order valence-corrected chi connectivity index (χ0v) is 10.6. The second-order valence-corrected chi connectivity index (χ2v) is 5.08. The topological polar surface area (TPSA) is 28.4 Å². The number of halogens is 1. The molecular weight excluding hydrogens is 224 g/mol. The summed E-state index contributed by atoms with van der Waals surface area (Å²) in [6.45, 7) is 1.76. The summed E-state index contributed by atoms with van der Waals surface area (Å²) >= 11 is 5.71. The number of furan rings is 1. The van der Waals surface area contributed by atoms with Crippen LogP contribution in [0.15, 0.2) is 16.5 Å². The number of nitrogens with zero attached hydrogens (tertiary/aromatic N) is 1. The van der Waals surface area contributed by atoms with Gasteiger partial charge in [-0.2, -0.15) is 0 Å². The molecule has 0 bridgehead atoms. The first-order chi connectivity index (χ1) is 7.66. The molecule has 90 valence electrons. The first-order valence-electron chi connectivity index (χ1n) is 5.78. The highest BCUT2D eigenvalue weighted by Gasteiger charge is 2.32. The smallest absolute Gasteiger partial charge is 0.193 e. The molecule has 1 aliphatic carbocycles. The maximum Gasteiger partial charge on any atom is 0.193 e. The van der Waals surface area contributed by atoms with Crippen molar-refractivity contribution in [2.24, 2.45) is 5.92 Å². The number of hydrogen-bond donors (Lipinski definition) is 1. The Morgan fingerprint density at radius 1 is 1.50 bits per heavy atom. The van der Waals surface area contributed by atoms with Crippen molar-refractivity contribution in [1.82, 2.24) is 10.2 Å². The van der Waals surface area contributed by atoms with Crippen molar-refractivity contribution in [3.63, 3.8) is 0 Å². The lowest BCUT2D eigenvalue weighted by atomic mass is 10.1. The van der Waals surface area contributed by atoms with E-state index >= 15 is 0 Å². The van der Waals surface area contributed by atoms with Gasteiger partial charge in [0.05, 0.1) is 6.54 Å². The maximum atomic E-state index is 5.71. The third kappa shape index (κ3) is 3.24. The molecule has 2 rings (SSSR count). The van der Waals surface area contributed by atoms with Gasteiger partial charge < -0.3 is 14.6 Å². The fourth-order valence-electron chi connectivity index (χ4n) is 2.04. The zero-order chi connectivity index (χ0) is 11.5. The van der Waals surface area contributed by atoms with Crippen LogP contribution < -0.4 is 5.32 Å². The van der Waals surface area contributed by atoms with Crippen molar-refractivity contribution in [2.75, 3.05) is 20.6 Å². The van der Waals surface area contributed by atoms with E-state index < -0.39 is 0 Å². The Balaban J connectivity index is 1.74. The Morgan fingerprint density at radius 3 is 2.75 bits per heavy atom. The molecule has 0 aliphatic heterocycles. The molecule has 0 amide bonds. The molecule has 1 aromatic rings. The SMILES string of the molecule is CN(C)C(CNCc1ccc(Cl)o1)C1CC1. The predicted molar refractivity (Wildman–Crippen MR) is 65.6 cm³/mol. The molecule has 16 heavy (non-hydrogen) atoms. The largest absolute Gasteiger partial charge is 0.448 e. The molecule has 0 saturated heterocycles. The van der Waals surface area contributed by atoms with Gasteiger partial charge in [0.15, 0.2) is 5.22 Å². The standard InChI is InChI=1S/C12H19ClN2O/c1-15(2)11(9-3-4-9)8-14-7-10-5-6-12(13)16-10/h5-6,9,11,14H,3-4,7-8H2,1-2H3. The van der Waals surface area contributed by atoms with Gasteiger partial charge in [0.25, 0.3) is 0 Å². The highest BCUT2D eigenvalue weighted by molar-refractivity contribution is 6.28. The lowest BCUT2D eigenvalue weighted by Crippen LogP contribution is -2.39. The number of hydrogen-bond acceptors (Lipinski definition) is 3. The molecule has 0 radical (unpaired) electrons. The molecule has 0 spiro atoms. The molecule has 4 heteroatoms. The number of nitrogens with one attached hydrogen (secondary N) is 1. The number of rotatable bonds is 6. The normalized spacial score (nSPS) is 18.0. The first-order valence-corrected chi connectivity index (χ1v) is 6.16. The summed E-state index contributed by atoms with van der Waals surface area (Å²) in [4.78, 5) is 2.31. The molecule has 3 nitrogen and oxygen atoms in total. The summed E-state index contributed by atoms with van der Waals surface area (Å²) in [6, 6.07) is 4.34. The van der Waals surface area contributed by atoms with E-state index in [2.05, 4.69) is 24.3 Å². The summed E-state index contributed by atoms with van der Waals surface area (Å²) in [5, 5.41) is 3.88. The minimum absolute atomic E-state index is 0.461. The summed E-state index contributed by atoms with van der Waals surface area (Å²) < 4.78 is 5.29. The van der Waals surface area contributed by atoms with Crippen molar-refractivity contribution in [3.8, 4) is 0 Å².